The molecular formula is C16H20O4S. The van der Waals surface area contributed by atoms with E-state index in [-0.39, 0.29) is 12.2 Å². The Balaban J connectivity index is 2.61. The lowest BCUT2D eigenvalue weighted by molar-refractivity contribution is -0.124. The second-order valence-corrected chi connectivity index (χ2v) is 7.23. The highest BCUT2D eigenvalue weighted by molar-refractivity contribution is 7.14. The molecule has 0 spiro atoms. The predicted octanol–water partition coefficient (Wildman–Crippen LogP) is 2.98. The van der Waals surface area contributed by atoms with Crippen LogP contribution in [-0.2, 0) is 15.1 Å². The molecule has 1 atom stereocenters. The first-order chi connectivity index (χ1) is 9.63. The summed E-state index contributed by atoms with van der Waals surface area (Å²) in [6.45, 7) is 7.31. The molecule has 5 heteroatoms. The Bertz CT molecular complexity index is 639. The van der Waals surface area contributed by atoms with Gasteiger partial charge in [-0.3, -0.25) is 4.79 Å². The van der Waals surface area contributed by atoms with E-state index in [4.69, 9.17) is 4.74 Å². The van der Waals surface area contributed by atoms with Gasteiger partial charge >= 0.3 is 5.97 Å². The molecule has 0 radical (unpaired) electrons. The van der Waals surface area contributed by atoms with Crippen molar-refractivity contribution in [3.05, 3.63) is 33.0 Å². The second-order valence-electron chi connectivity index (χ2n) is 6.18. The topological polar surface area (TPSA) is 63.6 Å². The van der Waals surface area contributed by atoms with Crippen molar-refractivity contribution in [3.8, 4) is 0 Å². The van der Waals surface area contributed by atoms with Crippen LogP contribution in [0.25, 0.3) is 0 Å². The molecule has 1 aromatic rings. The zero-order valence-corrected chi connectivity index (χ0v) is 13.8. The molecule has 0 fully saturated rings. The van der Waals surface area contributed by atoms with Crippen LogP contribution < -0.4 is 0 Å². The standard InChI is InChI=1S/C16H20O4S/c1-9-6-12(21-13(9)14(18)20-5)16(19)10(2)7-11(17)8-15(16,3)4/h6-7,19H,8H2,1-5H3. The summed E-state index contributed by atoms with van der Waals surface area (Å²) in [4.78, 5) is 24.7. The maximum Gasteiger partial charge on any atom is 0.348 e. The van der Waals surface area contributed by atoms with Crippen LogP contribution in [0.4, 0.5) is 0 Å². The number of esters is 1. The summed E-state index contributed by atoms with van der Waals surface area (Å²) in [6.07, 6.45) is 1.77. The maximum atomic E-state index is 11.8. The lowest BCUT2D eigenvalue weighted by Gasteiger charge is -2.45. The first-order valence-corrected chi connectivity index (χ1v) is 7.58. The minimum absolute atomic E-state index is 0.0173. The van der Waals surface area contributed by atoms with Crippen molar-refractivity contribution in [2.45, 2.75) is 39.7 Å². The first-order valence-electron chi connectivity index (χ1n) is 6.76. The smallest absolute Gasteiger partial charge is 0.348 e. The Morgan fingerprint density at radius 1 is 1.38 bits per heavy atom. The van der Waals surface area contributed by atoms with Crippen LogP contribution in [0.3, 0.4) is 0 Å². The number of ether oxygens (including phenoxy) is 1. The van der Waals surface area contributed by atoms with Gasteiger partial charge in [0.25, 0.3) is 0 Å². The number of thiophene rings is 1. The van der Waals surface area contributed by atoms with Crippen LogP contribution in [0.5, 0.6) is 0 Å². The van der Waals surface area contributed by atoms with E-state index < -0.39 is 17.0 Å². The molecule has 0 saturated heterocycles. The van der Waals surface area contributed by atoms with Crippen molar-refractivity contribution in [3.63, 3.8) is 0 Å². The third kappa shape index (κ3) is 2.34. The van der Waals surface area contributed by atoms with Gasteiger partial charge in [0, 0.05) is 16.7 Å². The summed E-state index contributed by atoms with van der Waals surface area (Å²) in [5.41, 5.74) is -0.492. The lowest BCUT2D eigenvalue weighted by atomic mass is 9.64. The number of carbonyl (C=O) groups is 2. The molecule has 114 valence electrons. The molecular weight excluding hydrogens is 288 g/mol. The van der Waals surface area contributed by atoms with Gasteiger partial charge in [0.2, 0.25) is 0 Å². The number of methoxy groups -OCH3 is 1. The Hall–Kier alpha value is -1.46. The third-order valence-electron chi connectivity index (χ3n) is 4.19. The maximum absolute atomic E-state index is 11.8. The lowest BCUT2D eigenvalue weighted by Crippen LogP contribution is -2.46. The monoisotopic (exact) mass is 308 g/mol. The van der Waals surface area contributed by atoms with Crippen molar-refractivity contribution in [2.24, 2.45) is 5.41 Å². The van der Waals surface area contributed by atoms with Gasteiger partial charge in [0.1, 0.15) is 10.5 Å². The van der Waals surface area contributed by atoms with Gasteiger partial charge in [-0.15, -0.1) is 11.3 Å². The van der Waals surface area contributed by atoms with E-state index in [2.05, 4.69) is 0 Å². The fraction of sp³-hybridized carbons (Fsp3) is 0.500. The zero-order chi connectivity index (χ0) is 16.0. The molecule has 1 aliphatic rings. The quantitative estimate of drug-likeness (QED) is 0.853. The molecule has 0 amide bonds. The van der Waals surface area contributed by atoms with Gasteiger partial charge in [-0.25, -0.2) is 4.79 Å². The highest BCUT2D eigenvalue weighted by atomic mass is 32.1. The van der Waals surface area contributed by atoms with E-state index in [1.165, 1.54) is 24.5 Å². The average molecular weight is 308 g/mol. The second kappa shape index (κ2) is 5.07. The SMILES string of the molecule is COC(=O)c1sc(C2(O)C(C)=CC(=O)CC2(C)C)cc1C. The summed E-state index contributed by atoms with van der Waals surface area (Å²) < 4.78 is 4.77. The van der Waals surface area contributed by atoms with Gasteiger partial charge in [-0.05, 0) is 37.1 Å². The highest BCUT2D eigenvalue weighted by Crippen LogP contribution is 2.52. The molecule has 1 aromatic heterocycles. The molecule has 4 nitrogen and oxygen atoms in total. The van der Waals surface area contributed by atoms with Crippen molar-refractivity contribution in [1.82, 2.24) is 0 Å². The average Bonchev–Trinajstić information content (AvgIpc) is 2.76. The number of hydrogen-bond donors (Lipinski definition) is 1. The number of hydrogen-bond acceptors (Lipinski definition) is 5. The van der Waals surface area contributed by atoms with E-state index >= 15 is 0 Å². The van der Waals surface area contributed by atoms with E-state index in [1.54, 1.807) is 6.92 Å². The molecule has 0 saturated carbocycles. The summed E-state index contributed by atoms with van der Waals surface area (Å²) in [6, 6.07) is 1.81. The van der Waals surface area contributed by atoms with Crippen molar-refractivity contribution < 1.29 is 19.4 Å². The van der Waals surface area contributed by atoms with Crippen LogP contribution in [-0.4, -0.2) is 24.0 Å². The van der Waals surface area contributed by atoms with Crippen LogP contribution in [0.2, 0.25) is 0 Å². The van der Waals surface area contributed by atoms with Crippen LogP contribution in [0.1, 0.15) is 47.3 Å². The van der Waals surface area contributed by atoms with Crippen LogP contribution in [0.15, 0.2) is 17.7 Å². The summed E-state index contributed by atoms with van der Waals surface area (Å²) in [5.74, 6) is -0.387. The van der Waals surface area contributed by atoms with Gasteiger partial charge in [-0.2, -0.15) is 0 Å². The Kier molecular flexibility index (Phi) is 3.84. The highest BCUT2D eigenvalue weighted by Gasteiger charge is 2.51. The molecule has 0 bridgehead atoms. The number of aliphatic hydroxyl groups is 1. The van der Waals surface area contributed by atoms with E-state index in [9.17, 15) is 14.7 Å². The molecule has 1 unspecified atom stereocenters. The van der Waals surface area contributed by atoms with Crippen LogP contribution >= 0.6 is 11.3 Å². The van der Waals surface area contributed by atoms with E-state index in [0.29, 0.717) is 15.3 Å². The van der Waals surface area contributed by atoms with Crippen molar-refractivity contribution in [1.29, 1.82) is 0 Å². The number of carbonyl (C=O) groups excluding carboxylic acids is 2. The first kappa shape index (κ1) is 15.9. The van der Waals surface area contributed by atoms with Gasteiger partial charge in [0.05, 0.1) is 7.11 Å². The van der Waals surface area contributed by atoms with Crippen LogP contribution in [0, 0.1) is 12.3 Å². The molecule has 1 heterocycles. The molecule has 0 aliphatic heterocycles. The summed E-state index contributed by atoms with van der Waals surface area (Å²) in [7, 11) is 1.34. The van der Waals surface area contributed by atoms with E-state index in [1.807, 2.05) is 26.8 Å². The summed E-state index contributed by atoms with van der Waals surface area (Å²) in [5, 5.41) is 11.3. The summed E-state index contributed by atoms with van der Waals surface area (Å²) >= 11 is 1.23. The third-order valence-corrected chi connectivity index (χ3v) is 5.51. The Labute approximate surface area is 128 Å². The number of allylic oxidation sites excluding steroid dienone is 1. The van der Waals surface area contributed by atoms with Crippen molar-refractivity contribution in [2.75, 3.05) is 7.11 Å². The van der Waals surface area contributed by atoms with E-state index in [0.717, 1.165) is 5.56 Å². The largest absolute Gasteiger partial charge is 0.465 e. The fourth-order valence-electron chi connectivity index (χ4n) is 2.98. The molecule has 1 N–H and O–H groups in total. The number of rotatable bonds is 2. The van der Waals surface area contributed by atoms with Gasteiger partial charge in [0.15, 0.2) is 5.78 Å². The minimum Gasteiger partial charge on any atom is -0.465 e. The van der Waals surface area contributed by atoms with Crippen molar-refractivity contribution >= 4 is 23.1 Å². The Morgan fingerprint density at radius 3 is 2.52 bits per heavy atom. The molecule has 0 aromatic carbocycles. The normalized spacial score (nSPS) is 24.7. The number of ketones is 1. The number of aryl methyl sites for hydroxylation is 1. The zero-order valence-electron chi connectivity index (χ0n) is 12.9. The fourth-order valence-corrected chi connectivity index (χ4v) is 4.40. The van der Waals surface area contributed by atoms with Gasteiger partial charge < -0.3 is 9.84 Å². The predicted molar refractivity (Wildman–Crippen MR) is 81.5 cm³/mol. The minimum atomic E-state index is -1.25. The van der Waals surface area contributed by atoms with Gasteiger partial charge in [-0.1, -0.05) is 13.8 Å². The molecule has 1 aliphatic carbocycles. The Morgan fingerprint density at radius 2 is 2.00 bits per heavy atom. The molecule has 21 heavy (non-hydrogen) atoms. The molecule has 2 rings (SSSR count).